The molecule has 0 radical (unpaired) electrons. The van der Waals surface area contributed by atoms with E-state index in [9.17, 15) is 4.79 Å². The first kappa shape index (κ1) is 80.5. The molecule has 28 nitrogen and oxygen atoms in total. The lowest BCUT2D eigenvalue weighted by atomic mass is 10.1. The zero-order valence-electron chi connectivity index (χ0n) is 68.0. The molecular formula is C83H112N26O2. The predicted octanol–water partition coefficient (Wildman–Crippen LogP) is 8.19. The molecule has 2 aromatic carbocycles. The van der Waals surface area contributed by atoms with Gasteiger partial charge in [-0.2, -0.15) is 10.2 Å². The van der Waals surface area contributed by atoms with Gasteiger partial charge in [0.15, 0.2) is 5.76 Å². The molecule has 22 rings (SSSR count). The summed E-state index contributed by atoms with van der Waals surface area (Å²) in [5.41, 5.74) is 28.2. The lowest BCUT2D eigenvalue weighted by Gasteiger charge is -2.04. The number of benzene rings is 2. The van der Waals surface area contributed by atoms with Gasteiger partial charge in [0.2, 0.25) is 0 Å². The summed E-state index contributed by atoms with van der Waals surface area (Å²) in [5.74, 6) is 1.18. The van der Waals surface area contributed by atoms with E-state index in [4.69, 9.17) is 4.52 Å². The van der Waals surface area contributed by atoms with Gasteiger partial charge < -0.3 is 14.0 Å². The van der Waals surface area contributed by atoms with Crippen molar-refractivity contribution in [3.63, 3.8) is 0 Å². The normalized spacial score (nSPS) is 17.3. The van der Waals surface area contributed by atoms with E-state index in [0.29, 0.717) is 0 Å². The highest BCUT2D eigenvalue weighted by atomic mass is 16.5. The van der Waals surface area contributed by atoms with Crippen LogP contribution in [0.25, 0.3) is 0 Å². The van der Waals surface area contributed by atoms with Crippen molar-refractivity contribution in [2.75, 3.05) is 77.5 Å². The van der Waals surface area contributed by atoms with Crippen LogP contribution < -0.4 is 0 Å². The Bertz CT molecular complexity index is 4210. The molecule has 0 N–H and O–H groups in total. The van der Waals surface area contributed by atoms with Crippen LogP contribution >= 0.6 is 0 Å². The smallest absolute Gasteiger partial charge is 0.254 e. The van der Waals surface area contributed by atoms with Gasteiger partial charge in [-0.1, -0.05) is 58.9 Å². The molecule has 0 saturated carbocycles. The van der Waals surface area contributed by atoms with Crippen LogP contribution in [0.3, 0.4) is 0 Å². The van der Waals surface area contributed by atoms with Crippen molar-refractivity contribution in [3.05, 3.63) is 264 Å². The lowest BCUT2D eigenvalue weighted by molar-refractivity contribution is 0.0816. The number of rotatable bonds is 0. The molecule has 0 saturated heterocycles. The van der Waals surface area contributed by atoms with Gasteiger partial charge in [-0.15, -0.1) is 5.10 Å². The first-order valence-electron chi connectivity index (χ1n) is 38.0. The second-order valence-electron chi connectivity index (χ2n) is 31.3. The van der Waals surface area contributed by atoms with Gasteiger partial charge in [0.1, 0.15) is 12.0 Å². The Morgan fingerprint density at radius 1 is 0.351 bits per heavy atom. The zero-order valence-corrected chi connectivity index (χ0v) is 68.0. The number of nitrogens with zero attached hydrogens (tertiary/aromatic N) is 26. The molecule has 20 heterocycles. The minimum absolute atomic E-state index is 0.139. The average molecular weight is 1510 g/mol. The summed E-state index contributed by atoms with van der Waals surface area (Å²) in [4.78, 5) is 60.5. The molecule has 0 aliphatic carbocycles. The minimum Gasteiger partial charge on any atom is -0.359 e. The minimum atomic E-state index is 0.139. The molecular weight excluding hydrogens is 1390 g/mol. The Balaban J connectivity index is 0.000000113. The number of carbonyl (C=O) groups is 1. The van der Waals surface area contributed by atoms with Crippen LogP contribution in [0.4, 0.5) is 0 Å². The third kappa shape index (κ3) is 21.6. The molecule has 0 atom stereocenters. The van der Waals surface area contributed by atoms with E-state index >= 15 is 0 Å². The number of hydrogen-bond acceptors (Lipinski definition) is 23. The van der Waals surface area contributed by atoms with Crippen molar-refractivity contribution < 1.29 is 9.32 Å². The van der Waals surface area contributed by atoms with Crippen LogP contribution in [0, 0.1) is 6.92 Å². The molecule has 11 aromatic rings. The Hall–Kier alpha value is -9.98. The van der Waals surface area contributed by atoms with Gasteiger partial charge >= 0.3 is 0 Å². The van der Waals surface area contributed by atoms with Crippen molar-refractivity contribution in [1.29, 1.82) is 0 Å². The monoisotopic (exact) mass is 1500 g/mol. The summed E-state index contributed by atoms with van der Waals surface area (Å²) in [5, 5.41) is 20.3. The number of hydrogen-bond donors (Lipinski definition) is 0. The van der Waals surface area contributed by atoms with Crippen LogP contribution in [-0.4, -0.2) is 212 Å². The molecule has 1 amide bonds. The van der Waals surface area contributed by atoms with E-state index in [0.717, 1.165) is 177 Å². The first-order chi connectivity index (χ1) is 53.4. The van der Waals surface area contributed by atoms with Gasteiger partial charge in [-0.3, -0.25) is 87.8 Å². The van der Waals surface area contributed by atoms with E-state index in [1.54, 1.807) is 23.6 Å². The van der Waals surface area contributed by atoms with E-state index in [2.05, 4.69) is 242 Å². The molecule has 11 aliphatic rings. The second-order valence-corrected chi connectivity index (χ2v) is 31.3. The molecule has 0 fully saturated rings. The molecule has 0 bridgehead atoms. The van der Waals surface area contributed by atoms with Gasteiger partial charge in [0, 0.05) is 250 Å². The highest BCUT2D eigenvalue weighted by Gasteiger charge is 2.27. The highest BCUT2D eigenvalue weighted by molar-refractivity contribution is 5.98. The summed E-state index contributed by atoms with van der Waals surface area (Å²) in [6.45, 7) is 23.3. The van der Waals surface area contributed by atoms with Crippen LogP contribution in [-0.2, 0) is 166 Å². The number of amides is 1. The Labute approximate surface area is 654 Å². The van der Waals surface area contributed by atoms with E-state index in [-0.39, 0.29) is 5.91 Å². The van der Waals surface area contributed by atoms with Crippen molar-refractivity contribution >= 4 is 5.91 Å². The van der Waals surface area contributed by atoms with E-state index in [1.165, 1.54) is 89.7 Å². The summed E-state index contributed by atoms with van der Waals surface area (Å²) in [6, 6.07) is 22.6. The number of aromatic nitrogens is 15. The first-order valence-corrected chi connectivity index (χ1v) is 38.0. The molecule has 0 spiro atoms. The van der Waals surface area contributed by atoms with Crippen LogP contribution in [0.15, 0.2) is 140 Å². The van der Waals surface area contributed by atoms with Crippen LogP contribution in [0.2, 0.25) is 0 Å². The quantitative estimate of drug-likeness (QED) is 0.139. The maximum Gasteiger partial charge on any atom is 0.254 e. The molecule has 586 valence electrons. The van der Waals surface area contributed by atoms with E-state index < -0.39 is 0 Å². The van der Waals surface area contributed by atoms with Crippen molar-refractivity contribution in [2.24, 2.45) is 28.2 Å². The lowest BCUT2D eigenvalue weighted by Crippen LogP contribution is -2.17. The predicted molar refractivity (Wildman–Crippen MR) is 427 cm³/mol. The SMILES string of the molecule is CN1Cc2ccccc2C1.CN1Cc2ccccc2C1=O.CN1Cc2cccnc2C1.CN1Cc2ccncc2C1.CN1Cc2cn(C)cc2C1.CN1Cc2cn(C)nc2C1.CN1Cc2cncnc2C1.CN1Cc2cnn(C)c2C1.CN1Cc2nccnc2C1.CN1Cc2nnn(C)c2C1.Cc1noc2c1CN(C)C2. The topological polar surface area (TPSA) is 227 Å². The summed E-state index contributed by atoms with van der Waals surface area (Å²) in [6.07, 6.45) is 21.1. The third-order valence-electron chi connectivity index (χ3n) is 20.8. The fourth-order valence-corrected chi connectivity index (χ4v) is 15.3. The largest absolute Gasteiger partial charge is 0.359 e. The maximum absolute atomic E-state index is 11.3. The number of fused-ring (bicyclic) bond motifs is 11. The fourth-order valence-electron chi connectivity index (χ4n) is 15.3. The number of carbonyl (C=O) groups excluding carboxylic acids is 1. The van der Waals surface area contributed by atoms with Crippen LogP contribution in [0.1, 0.15) is 134 Å². The Kier molecular flexibility index (Phi) is 27.1. The van der Waals surface area contributed by atoms with Crippen molar-refractivity contribution in [1.82, 2.24) is 128 Å². The molecule has 9 aromatic heterocycles. The van der Waals surface area contributed by atoms with Gasteiger partial charge in [0.25, 0.3) is 5.91 Å². The molecule has 111 heavy (non-hydrogen) atoms. The Morgan fingerprint density at radius 2 is 0.838 bits per heavy atom. The standard InChI is InChI=1S/C9H9NO.C9H11N.C8H12N2.2C8H10N2.2C7H11N3.2C7H9N3.C7H10N2O.C6H10N4/c1-10-6-7-4-2-3-5-8(7)9(10)11;1-10-6-8-4-2-3-5-9(8)7-10;1-9-3-7-5-10(2)6-8(7)4-9;1-10-5-7-2-3-9-4-8(7)6-10;1-10-5-7-3-2-4-9-8(7)6-10;1-9-3-6-4-10(2)8-7(6)5-9;1-9-4-6-3-8-10(2)7(6)5-9;1-10-3-6-2-8-5-9-7(6)4-10;1-10-4-6-7(5-10)9-3-2-8-6;1-5-6-3-9(2)4-7(6)10-8-5;1-9-3-5-6(4-9)10(2)8-7-5/h2-5H,6H2,1H3;2-5H,6-7H2,1H3;3-4H,5-6H2,1-2H3;2*2-4H,5-6H2,1H3;4H,3,5H2,1-2H3;3H,4-5H2,1-2H3;2,5H,3-4H2,1H3;2-3H,4-5H2,1H3;2*3-4H2,1-2H3. The maximum atomic E-state index is 11.3. The average Bonchev–Trinajstić information content (AvgIpc) is 1.67. The van der Waals surface area contributed by atoms with Gasteiger partial charge in [0.05, 0.1) is 58.3 Å². The second kappa shape index (κ2) is 37.4. The fraction of sp³-hybridized carbons (Fsp3) is 0.446. The van der Waals surface area contributed by atoms with Gasteiger partial charge in [-0.05, 0) is 140 Å². The molecule has 28 heteroatoms. The van der Waals surface area contributed by atoms with Crippen molar-refractivity contribution in [3.8, 4) is 0 Å². The Morgan fingerprint density at radius 3 is 1.45 bits per heavy atom. The van der Waals surface area contributed by atoms with E-state index in [1.807, 2.05) is 110 Å². The highest BCUT2D eigenvalue weighted by Crippen LogP contribution is 2.27. The molecule has 0 unspecified atom stereocenters. The zero-order chi connectivity index (χ0) is 78.4. The summed E-state index contributed by atoms with van der Waals surface area (Å²) < 4.78 is 12.9. The van der Waals surface area contributed by atoms with Gasteiger partial charge in [-0.25, -0.2) is 9.97 Å². The third-order valence-corrected chi connectivity index (χ3v) is 20.8. The molecule has 11 aliphatic heterocycles. The van der Waals surface area contributed by atoms with Crippen molar-refractivity contribution in [2.45, 2.75) is 144 Å². The number of aryl methyl sites for hydroxylation is 5. The summed E-state index contributed by atoms with van der Waals surface area (Å²) in [7, 11) is 30.9. The summed E-state index contributed by atoms with van der Waals surface area (Å²) >= 11 is 0. The number of pyridine rings is 2. The van der Waals surface area contributed by atoms with Crippen LogP contribution in [0.5, 0.6) is 0 Å².